The maximum absolute atomic E-state index is 13.5. The average molecular weight is 342 g/mol. The molecule has 1 amide bonds. The Morgan fingerprint density at radius 3 is 2.92 bits per heavy atom. The van der Waals surface area contributed by atoms with Gasteiger partial charge in [-0.15, -0.1) is 0 Å². The number of alkyl halides is 3. The second-order valence-corrected chi connectivity index (χ2v) is 5.66. The zero-order valence-electron chi connectivity index (χ0n) is 12.5. The van der Waals surface area contributed by atoms with Crippen LogP contribution < -0.4 is 5.32 Å². The predicted octanol–water partition coefficient (Wildman–Crippen LogP) is 2.43. The number of fused-ring (bicyclic) bond motifs is 1. The van der Waals surface area contributed by atoms with Crippen molar-refractivity contribution < 1.29 is 22.4 Å². The molecule has 0 fully saturated rings. The third kappa shape index (κ3) is 3.39. The summed E-state index contributed by atoms with van der Waals surface area (Å²) >= 11 is 0. The van der Waals surface area contributed by atoms with Crippen LogP contribution in [0.15, 0.2) is 24.7 Å². The van der Waals surface area contributed by atoms with Gasteiger partial charge in [0, 0.05) is 31.9 Å². The number of rotatable bonds is 3. The van der Waals surface area contributed by atoms with Gasteiger partial charge in [0.2, 0.25) is 0 Å². The summed E-state index contributed by atoms with van der Waals surface area (Å²) in [6.07, 6.45) is -0.201. The molecule has 24 heavy (non-hydrogen) atoms. The summed E-state index contributed by atoms with van der Waals surface area (Å²) in [5.74, 6) is -0.931. The minimum absolute atomic E-state index is 0.0402. The van der Waals surface area contributed by atoms with Crippen molar-refractivity contribution in [3.8, 4) is 0 Å². The molecular weight excluding hydrogens is 328 g/mol. The number of hydrogen-bond acceptors (Lipinski definition) is 3. The number of nitrogens with one attached hydrogen (secondary N) is 1. The Balaban J connectivity index is 1.61. The second kappa shape index (κ2) is 6.21. The Hall–Kier alpha value is -2.45. The lowest BCUT2D eigenvalue weighted by atomic mass is 9.99. The lowest BCUT2D eigenvalue weighted by Gasteiger charge is -2.23. The smallest absolute Gasteiger partial charge is 0.352 e. The molecule has 9 heteroatoms. The van der Waals surface area contributed by atoms with Gasteiger partial charge in [0.15, 0.2) is 11.5 Å². The highest BCUT2D eigenvalue weighted by Gasteiger charge is 2.35. The molecule has 128 valence electrons. The van der Waals surface area contributed by atoms with Crippen molar-refractivity contribution in [1.82, 2.24) is 19.9 Å². The third-order valence-electron chi connectivity index (χ3n) is 3.95. The van der Waals surface area contributed by atoms with Crippen LogP contribution >= 0.6 is 0 Å². The summed E-state index contributed by atoms with van der Waals surface area (Å²) in [6.45, 7) is 0.580. The first-order chi connectivity index (χ1) is 11.3. The van der Waals surface area contributed by atoms with E-state index in [9.17, 15) is 22.4 Å². The van der Waals surface area contributed by atoms with Gasteiger partial charge in [-0.1, -0.05) is 0 Å². The van der Waals surface area contributed by atoms with E-state index < -0.39 is 23.6 Å². The van der Waals surface area contributed by atoms with Crippen molar-refractivity contribution in [3.05, 3.63) is 47.6 Å². The van der Waals surface area contributed by atoms with Crippen molar-refractivity contribution in [2.24, 2.45) is 5.92 Å². The molecule has 3 heterocycles. The van der Waals surface area contributed by atoms with Gasteiger partial charge in [-0.05, 0) is 18.4 Å². The molecule has 3 rings (SSSR count). The number of imidazole rings is 1. The fraction of sp³-hybridized carbons (Fsp3) is 0.400. The molecule has 1 N–H and O–H groups in total. The summed E-state index contributed by atoms with van der Waals surface area (Å²) in [5.41, 5.74) is -1.01. The van der Waals surface area contributed by atoms with Crippen LogP contribution in [-0.4, -0.2) is 27.0 Å². The van der Waals surface area contributed by atoms with Crippen LogP contribution in [0.4, 0.5) is 17.6 Å². The van der Waals surface area contributed by atoms with Crippen LogP contribution in [0.1, 0.15) is 28.3 Å². The molecule has 0 aliphatic carbocycles. The molecule has 0 saturated carbocycles. The van der Waals surface area contributed by atoms with E-state index in [2.05, 4.69) is 15.3 Å². The molecule has 0 aromatic carbocycles. The normalized spacial score (nSPS) is 17.4. The summed E-state index contributed by atoms with van der Waals surface area (Å²) < 4.78 is 53.0. The number of pyridine rings is 1. The molecule has 0 saturated heterocycles. The van der Waals surface area contributed by atoms with Gasteiger partial charge in [0.1, 0.15) is 5.82 Å². The third-order valence-corrected chi connectivity index (χ3v) is 3.95. The molecular formula is C15H14F4N4O. The van der Waals surface area contributed by atoms with E-state index in [0.717, 1.165) is 12.4 Å². The number of aromatic nitrogens is 3. The van der Waals surface area contributed by atoms with Crippen LogP contribution in [0, 0.1) is 11.7 Å². The zero-order valence-corrected chi connectivity index (χ0v) is 12.5. The molecule has 2 aromatic heterocycles. The summed E-state index contributed by atoms with van der Waals surface area (Å²) in [6, 6.07) is 1.27. The lowest BCUT2D eigenvalue weighted by molar-refractivity contribution is -0.141. The van der Waals surface area contributed by atoms with Crippen LogP contribution in [0.2, 0.25) is 0 Å². The Morgan fingerprint density at radius 2 is 2.21 bits per heavy atom. The number of aryl methyl sites for hydroxylation is 1. The number of halogens is 4. The number of carbonyl (C=O) groups excluding carboxylic acids is 1. The second-order valence-electron chi connectivity index (χ2n) is 5.66. The molecule has 0 radical (unpaired) electrons. The Labute approximate surface area is 134 Å². The molecule has 0 unspecified atom stereocenters. The SMILES string of the molecule is O=C(NC[C@@H]1CCc2nc(C(F)(F)F)cn2C1)c1ccncc1F. The van der Waals surface area contributed by atoms with Crippen molar-refractivity contribution in [3.63, 3.8) is 0 Å². The van der Waals surface area contributed by atoms with Gasteiger partial charge in [0.05, 0.1) is 11.8 Å². The highest BCUT2D eigenvalue weighted by Crippen LogP contribution is 2.30. The summed E-state index contributed by atoms with van der Waals surface area (Å²) in [7, 11) is 0. The van der Waals surface area contributed by atoms with Crippen LogP contribution in [0.25, 0.3) is 0 Å². The molecule has 1 aliphatic heterocycles. The monoisotopic (exact) mass is 342 g/mol. The molecule has 2 aromatic rings. The topological polar surface area (TPSA) is 59.8 Å². The zero-order chi connectivity index (χ0) is 17.3. The summed E-state index contributed by atoms with van der Waals surface area (Å²) in [4.78, 5) is 19.1. The highest BCUT2D eigenvalue weighted by molar-refractivity contribution is 5.94. The predicted molar refractivity (Wildman–Crippen MR) is 75.6 cm³/mol. The van der Waals surface area contributed by atoms with E-state index in [-0.39, 0.29) is 18.0 Å². The Bertz CT molecular complexity index is 756. The van der Waals surface area contributed by atoms with Crippen LogP contribution in [0.5, 0.6) is 0 Å². The van der Waals surface area contributed by atoms with Crippen molar-refractivity contribution in [2.45, 2.75) is 25.6 Å². The molecule has 1 atom stereocenters. The van der Waals surface area contributed by atoms with Gasteiger partial charge in [-0.2, -0.15) is 13.2 Å². The molecule has 0 spiro atoms. The minimum atomic E-state index is -4.47. The Kier molecular flexibility index (Phi) is 4.25. The van der Waals surface area contributed by atoms with E-state index in [1.54, 1.807) is 0 Å². The van der Waals surface area contributed by atoms with Crippen LogP contribution in [0.3, 0.4) is 0 Å². The Morgan fingerprint density at radius 1 is 1.42 bits per heavy atom. The molecule has 5 nitrogen and oxygen atoms in total. The van der Waals surface area contributed by atoms with Crippen molar-refractivity contribution in [1.29, 1.82) is 0 Å². The van der Waals surface area contributed by atoms with Crippen molar-refractivity contribution in [2.75, 3.05) is 6.54 Å². The lowest BCUT2D eigenvalue weighted by Crippen LogP contribution is -2.34. The van der Waals surface area contributed by atoms with E-state index >= 15 is 0 Å². The first-order valence-electron chi connectivity index (χ1n) is 7.35. The number of amides is 1. The maximum atomic E-state index is 13.5. The fourth-order valence-electron chi connectivity index (χ4n) is 2.71. The number of carbonyl (C=O) groups is 1. The van der Waals surface area contributed by atoms with Crippen LogP contribution in [-0.2, 0) is 19.1 Å². The maximum Gasteiger partial charge on any atom is 0.434 e. The van der Waals surface area contributed by atoms with Gasteiger partial charge in [-0.3, -0.25) is 9.78 Å². The first kappa shape index (κ1) is 16.4. The molecule has 1 aliphatic rings. The van der Waals surface area contributed by atoms with Gasteiger partial charge >= 0.3 is 6.18 Å². The van der Waals surface area contributed by atoms with E-state index in [1.165, 1.54) is 16.8 Å². The van der Waals surface area contributed by atoms with Gasteiger partial charge in [-0.25, -0.2) is 9.37 Å². The fourth-order valence-corrected chi connectivity index (χ4v) is 2.71. The van der Waals surface area contributed by atoms with E-state index in [4.69, 9.17) is 0 Å². The molecule has 0 bridgehead atoms. The quantitative estimate of drug-likeness (QED) is 0.872. The number of nitrogens with zero attached hydrogens (tertiary/aromatic N) is 3. The average Bonchev–Trinajstić information content (AvgIpc) is 2.96. The summed E-state index contributed by atoms with van der Waals surface area (Å²) in [5, 5.41) is 2.61. The standard InChI is InChI=1S/C15H14F4N4O/c16-11-6-20-4-3-10(11)14(24)21-5-9-1-2-13-22-12(15(17,18)19)8-23(13)7-9/h3-4,6,8-9H,1-2,5,7H2,(H,21,24)/t9-/m0/s1. The largest absolute Gasteiger partial charge is 0.434 e. The number of hydrogen-bond donors (Lipinski definition) is 1. The first-order valence-corrected chi connectivity index (χ1v) is 7.35. The van der Waals surface area contributed by atoms with Gasteiger partial charge in [0.25, 0.3) is 5.91 Å². The van der Waals surface area contributed by atoms with E-state index in [1.807, 2.05) is 0 Å². The van der Waals surface area contributed by atoms with Crippen molar-refractivity contribution >= 4 is 5.91 Å². The highest BCUT2D eigenvalue weighted by atomic mass is 19.4. The minimum Gasteiger partial charge on any atom is -0.352 e. The van der Waals surface area contributed by atoms with E-state index in [0.29, 0.717) is 25.2 Å². The van der Waals surface area contributed by atoms with Gasteiger partial charge < -0.3 is 9.88 Å².